The third kappa shape index (κ3) is 2.28. The second-order valence-corrected chi connectivity index (χ2v) is 5.08. The number of carbonyl (C=O) groups excluding carboxylic acids is 2. The second kappa shape index (κ2) is 5.14. The summed E-state index contributed by atoms with van der Waals surface area (Å²) in [6.07, 6.45) is 1.58. The highest BCUT2D eigenvalue weighted by Crippen LogP contribution is 2.24. The summed E-state index contributed by atoms with van der Waals surface area (Å²) in [5, 5.41) is 4.58. The summed E-state index contributed by atoms with van der Waals surface area (Å²) >= 11 is 0. The van der Waals surface area contributed by atoms with Gasteiger partial charge < -0.3 is 9.88 Å². The molecule has 2 N–H and O–H groups in total. The molecule has 0 bridgehead atoms. The molecule has 1 aromatic heterocycles. The summed E-state index contributed by atoms with van der Waals surface area (Å²) < 4.78 is 15.8. The predicted octanol–water partition coefficient (Wildman–Crippen LogP) is 2.41. The molecule has 112 valence electrons. The van der Waals surface area contributed by atoms with E-state index in [1.165, 1.54) is 6.07 Å². The molecular formula is C16H14FN3O2. The maximum atomic E-state index is 14.0. The molecule has 0 spiro atoms. The van der Waals surface area contributed by atoms with Crippen LogP contribution in [-0.2, 0) is 4.79 Å². The molecule has 0 saturated carbocycles. The van der Waals surface area contributed by atoms with Crippen LogP contribution in [0.5, 0.6) is 0 Å². The number of para-hydroxylation sites is 1. The fraction of sp³-hybridized carbons (Fsp3) is 0.125. The Morgan fingerprint density at radius 3 is 2.50 bits per heavy atom. The molecule has 2 aromatic rings. The monoisotopic (exact) mass is 299 g/mol. The van der Waals surface area contributed by atoms with E-state index in [1.807, 2.05) is 19.9 Å². The van der Waals surface area contributed by atoms with Gasteiger partial charge in [0.2, 0.25) is 0 Å². The first-order valence-corrected chi connectivity index (χ1v) is 6.75. The van der Waals surface area contributed by atoms with Gasteiger partial charge in [-0.3, -0.25) is 10.1 Å². The molecule has 0 unspecified atom stereocenters. The normalized spacial score (nSPS) is 16.0. The minimum atomic E-state index is -0.542. The van der Waals surface area contributed by atoms with Gasteiger partial charge >= 0.3 is 6.03 Å². The molecule has 0 aliphatic carbocycles. The van der Waals surface area contributed by atoms with E-state index in [2.05, 4.69) is 10.6 Å². The van der Waals surface area contributed by atoms with Crippen molar-refractivity contribution in [1.82, 2.24) is 15.2 Å². The van der Waals surface area contributed by atoms with Gasteiger partial charge in [0.1, 0.15) is 11.5 Å². The number of rotatable bonds is 2. The van der Waals surface area contributed by atoms with Crippen LogP contribution in [0.3, 0.4) is 0 Å². The van der Waals surface area contributed by atoms with Crippen molar-refractivity contribution < 1.29 is 14.0 Å². The number of halogens is 1. The number of carbonyl (C=O) groups is 2. The van der Waals surface area contributed by atoms with Crippen LogP contribution in [-0.4, -0.2) is 16.5 Å². The van der Waals surface area contributed by atoms with E-state index in [4.69, 9.17) is 0 Å². The fourth-order valence-electron chi connectivity index (χ4n) is 2.58. The van der Waals surface area contributed by atoms with Crippen molar-refractivity contribution >= 4 is 18.0 Å². The molecule has 1 aliphatic heterocycles. The van der Waals surface area contributed by atoms with E-state index in [0.717, 1.165) is 17.0 Å². The van der Waals surface area contributed by atoms with Crippen LogP contribution >= 0.6 is 0 Å². The standard InChI is InChI=1S/C16H14FN3O2/c1-9-7-11(8-13-15(21)19-16(22)18-13)10(2)20(9)14-6-4-3-5-12(14)17/h3-8H,1-2H3,(H2,18,19,21,22)/b13-8-. The third-order valence-corrected chi connectivity index (χ3v) is 3.58. The third-order valence-electron chi connectivity index (χ3n) is 3.58. The second-order valence-electron chi connectivity index (χ2n) is 5.08. The zero-order valence-corrected chi connectivity index (χ0v) is 12.1. The Morgan fingerprint density at radius 1 is 1.14 bits per heavy atom. The van der Waals surface area contributed by atoms with Gasteiger partial charge in [0.05, 0.1) is 5.69 Å². The number of imide groups is 1. The van der Waals surface area contributed by atoms with Gasteiger partial charge in [-0.15, -0.1) is 0 Å². The Morgan fingerprint density at radius 2 is 1.86 bits per heavy atom. The fourth-order valence-corrected chi connectivity index (χ4v) is 2.58. The molecule has 5 nitrogen and oxygen atoms in total. The lowest BCUT2D eigenvalue weighted by molar-refractivity contribution is -0.115. The van der Waals surface area contributed by atoms with Gasteiger partial charge in [0.15, 0.2) is 0 Å². The van der Waals surface area contributed by atoms with Crippen molar-refractivity contribution in [3.8, 4) is 5.69 Å². The van der Waals surface area contributed by atoms with Gasteiger partial charge in [-0.2, -0.15) is 0 Å². The molecule has 22 heavy (non-hydrogen) atoms. The molecule has 1 fully saturated rings. The summed E-state index contributed by atoms with van der Waals surface area (Å²) in [5.74, 6) is -0.795. The smallest absolute Gasteiger partial charge is 0.315 e. The highest BCUT2D eigenvalue weighted by atomic mass is 19.1. The average Bonchev–Trinajstić information content (AvgIpc) is 2.91. The van der Waals surface area contributed by atoms with Gasteiger partial charge in [-0.05, 0) is 43.7 Å². The van der Waals surface area contributed by atoms with Crippen molar-refractivity contribution in [2.24, 2.45) is 0 Å². The highest BCUT2D eigenvalue weighted by molar-refractivity contribution is 6.14. The number of urea groups is 1. The van der Waals surface area contributed by atoms with Gasteiger partial charge in [-0.1, -0.05) is 12.1 Å². The van der Waals surface area contributed by atoms with Crippen LogP contribution in [0.2, 0.25) is 0 Å². The van der Waals surface area contributed by atoms with Crippen molar-refractivity contribution in [2.75, 3.05) is 0 Å². The largest absolute Gasteiger partial charge is 0.326 e. The predicted molar refractivity (Wildman–Crippen MR) is 79.9 cm³/mol. The molecule has 2 heterocycles. The van der Waals surface area contributed by atoms with Gasteiger partial charge in [0.25, 0.3) is 5.91 Å². The molecule has 1 saturated heterocycles. The number of hydrogen-bond donors (Lipinski definition) is 2. The zero-order valence-electron chi connectivity index (χ0n) is 12.1. The molecule has 0 radical (unpaired) electrons. The first-order valence-electron chi connectivity index (χ1n) is 6.75. The zero-order chi connectivity index (χ0) is 15.9. The average molecular weight is 299 g/mol. The minimum Gasteiger partial charge on any atom is -0.315 e. The number of nitrogens with one attached hydrogen (secondary N) is 2. The summed E-state index contributed by atoms with van der Waals surface area (Å²) in [6, 6.07) is 7.79. The Kier molecular flexibility index (Phi) is 3.29. The van der Waals surface area contributed by atoms with Crippen LogP contribution in [0.1, 0.15) is 17.0 Å². The minimum absolute atomic E-state index is 0.179. The van der Waals surface area contributed by atoms with Crippen molar-refractivity contribution in [3.63, 3.8) is 0 Å². The lowest BCUT2D eigenvalue weighted by Crippen LogP contribution is -2.22. The maximum Gasteiger partial charge on any atom is 0.326 e. The molecular weight excluding hydrogens is 285 g/mol. The topological polar surface area (TPSA) is 63.1 Å². The Labute approximate surface area is 126 Å². The lowest BCUT2D eigenvalue weighted by Gasteiger charge is -2.10. The number of benzene rings is 1. The van der Waals surface area contributed by atoms with Crippen LogP contribution in [0.4, 0.5) is 9.18 Å². The van der Waals surface area contributed by atoms with Crippen LogP contribution in [0.25, 0.3) is 11.8 Å². The first-order chi connectivity index (χ1) is 10.5. The van der Waals surface area contributed by atoms with Crippen LogP contribution in [0, 0.1) is 19.7 Å². The number of aromatic nitrogens is 1. The van der Waals surface area contributed by atoms with E-state index in [-0.39, 0.29) is 11.5 Å². The van der Waals surface area contributed by atoms with Gasteiger partial charge in [-0.25, -0.2) is 9.18 Å². The molecule has 0 atom stereocenters. The van der Waals surface area contributed by atoms with Crippen molar-refractivity contribution in [1.29, 1.82) is 0 Å². The van der Waals surface area contributed by atoms with Crippen LogP contribution < -0.4 is 10.6 Å². The van der Waals surface area contributed by atoms with Gasteiger partial charge in [0, 0.05) is 11.4 Å². The Bertz CT molecular complexity index is 821. The molecule has 6 heteroatoms. The number of nitrogens with zero attached hydrogens (tertiary/aromatic N) is 1. The maximum absolute atomic E-state index is 14.0. The lowest BCUT2D eigenvalue weighted by atomic mass is 10.2. The Balaban J connectivity index is 2.09. The summed E-state index contributed by atoms with van der Waals surface area (Å²) in [7, 11) is 0. The summed E-state index contributed by atoms with van der Waals surface area (Å²) in [6.45, 7) is 3.69. The SMILES string of the molecule is Cc1cc(/C=C2\NC(=O)NC2=O)c(C)n1-c1ccccc1F. The first kappa shape index (κ1) is 14.1. The summed E-state index contributed by atoms with van der Waals surface area (Å²) in [5.41, 5.74) is 2.98. The van der Waals surface area contributed by atoms with E-state index in [0.29, 0.717) is 5.69 Å². The summed E-state index contributed by atoms with van der Waals surface area (Å²) in [4.78, 5) is 22.7. The van der Waals surface area contributed by atoms with E-state index >= 15 is 0 Å². The van der Waals surface area contributed by atoms with E-state index in [1.54, 1.807) is 28.8 Å². The number of amides is 3. The highest BCUT2D eigenvalue weighted by Gasteiger charge is 2.23. The van der Waals surface area contributed by atoms with Crippen LogP contribution in [0.15, 0.2) is 36.0 Å². The quantitative estimate of drug-likeness (QED) is 0.661. The molecule has 1 aliphatic rings. The molecule has 1 aromatic carbocycles. The van der Waals surface area contributed by atoms with E-state index in [9.17, 15) is 14.0 Å². The number of aryl methyl sites for hydroxylation is 1. The van der Waals surface area contributed by atoms with E-state index < -0.39 is 11.9 Å². The number of hydrogen-bond acceptors (Lipinski definition) is 2. The van der Waals surface area contributed by atoms with Crippen molar-refractivity contribution in [2.45, 2.75) is 13.8 Å². The van der Waals surface area contributed by atoms with Crippen molar-refractivity contribution in [3.05, 3.63) is 58.8 Å². The Hall–Kier alpha value is -2.89. The molecule has 3 amide bonds. The molecule has 3 rings (SSSR count).